The van der Waals surface area contributed by atoms with Crippen LogP contribution in [0.3, 0.4) is 0 Å². The summed E-state index contributed by atoms with van der Waals surface area (Å²) in [6.45, 7) is 7.65. The molecule has 1 aliphatic heterocycles. The molecule has 124 valence electrons. The lowest BCUT2D eigenvalue weighted by Gasteiger charge is -2.38. The first kappa shape index (κ1) is 17.2. The van der Waals surface area contributed by atoms with Gasteiger partial charge in [0.1, 0.15) is 0 Å². The molecule has 5 heteroatoms. The van der Waals surface area contributed by atoms with Crippen molar-refractivity contribution in [3.63, 3.8) is 0 Å². The minimum Gasteiger partial charge on any atom is -0.353 e. The second kappa shape index (κ2) is 8.46. The van der Waals surface area contributed by atoms with Gasteiger partial charge in [-0.05, 0) is 30.4 Å². The Balaban J connectivity index is 1.94. The van der Waals surface area contributed by atoms with Gasteiger partial charge in [0.2, 0.25) is 5.91 Å². The van der Waals surface area contributed by atoms with Crippen LogP contribution in [0.2, 0.25) is 0 Å². The Morgan fingerprint density at radius 1 is 1.48 bits per heavy atom. The maximum atomic E-state index is 12.5. The Labute approximate surface area is 137 Å². The smallest absolute Gasteiger partial charge is 0.255 e. The van der Waals surface area contributed by atoms with E-state index in [1.165, 1.54) is 0 Å². The molecule has 1 saturated heterocycles. The van der Waals surface area contributed by atoms with Crippen LogP contribution in [0.4, 0.5) is 0 Å². The quantitative estimate of drug-likeness (QED) is 0.819. The van der Waals surface area contributed by atoms with E-state index in [1.807, 2.05) is 4.90 Å². The summed E-state index contributed by atoms with van der Waals surface area (Å²) in [5.74, 6) is 0.799. The molecule has 2 rings (SSSR count). The standard InChI is InChI=1S/C18H25N3O2/c1-3-8-20-17(22)11-15-7-10-21(13-14(15)4-2)18(23)16-6-5-9-19-12-16/h3,5-6,9,12,14-15H,1,4,7-8,10-11,13H2,2H3,(H,20,22)/t14-,15-/m0/s1. The highest BCUT2D eigenvalue weighted by Gasteiger charge is 2.31. The number of nitrogens with one attached hydrogen (secondary N) is 1. The Morgan fingerprint density at radius 3 is 2.96 bits per heavy atom. The van der Waals surface area contributed by atoms with Gasteiger partial charge in [0, 0.05) is 38.4 Å². The van der Waals surface area contributed by atoms with E-state index in [1.54, 1.807) is 30.6 Å². The molecule has 1 aliphatic rings. The molecule has 0 radical (unpaired) electrons. The molecule has 2 amide bonds. The summed E-state index contributed by atoms with van der Waals surface area (Å²) in [5, 5.41) is 2.84. The number of nitrogens with zero attached hydrogens (tertiary/aromatic N) is 2. The molecule has 23 heavy (non-hydrogen) atoms. The van der Waals surface area contributed by atoms with Crippen LogP contribution in [0, 0.1) is 11.8 Å². The van der Waals surface area contributed by atoms with Gasteiger partial charge >= 0.3 is 0 Å². The highest BCUT2D eigenvalue weighted by atomic mass is 16.2. The molecule has 1 fully saturated rings. The number of rotatable bonds is 6. The number of piperidine rings is 1. The first-order valence-corrected chi connectivity index (χ1v) is 8.22. The van der Waals surface area contributed by atoms with Crippen molar-refractivity contribution < 1.29 is 9.59 Å². The van der Waals surface area contributed by atoms with Crippen molar-refractivity contribution in [2.75, 3.05) is 19.6 Å². The van der Waals surface area contributed by atoms with Gasteiger partial charge in [0.15, 0.2) is 0 Å². The number of hydrogen-bond donors (Lipinski definition) is 1. The van der Waals surface area contributed by atoms with Crippen LogP contribution in [-0.4, -0.2) is 41.3 Å². The number of hydrogen-bond acceptors (Lipinski definition) is 3. The summed E-state index contributed by atoms with van der Waals surface area (Å²) in [6.07, 6.45) is 7.33. The fourth-order valence-electron chi connectivity index (χ4n) is 3.16. The molecule has 5 nitrogen and oxygen atoms in total. The summed E-state index contributed by atoms with van der Waals surface area (Å²) < 4.78 is 0. The van der Waals surface area contributed by atoms with Gasteiger partial charge in [-0.2, -0.15) is 0 Å². The molecule has 0 aliphatic carbocycles. The number of aromatic nitrogens is 1. The summed E-state index contributed by atoms with van der Waals surface area (Å²) in [5.41, 5.74) is 0.629. The lowest BCUT2D eigenvalue weighted by atomic mass is 9.81. The minimum atomic E-state index is 0.0334. The van der Waals surface area contributed by atoms with Crippen molar-refractivity contribution in [2.45, 2.75) is 26.2 Å². The Bertz CT molecular complexity index is 544. The molecule has 2 heterocycles. The van der Waals surface area contributed by atoms with Crippen molar-refractivity contribution in [3.05, 3.63) is 42.7 Å². The van der Waals surface area contributed by atoms with E-state index in [4.69, 9.17) is 0 Å². The van der Waals surface area contributed by atoms with E-state index >= 15 is 0 Å². The van der Waals surface area contributed by atoms with Gasteiger partial charge in [0.25, 0.3) is 5.91 Å². The Morgan fingerprint density at radius 2 is 2.30 bits per heavy atom. The molecular formula is C18H25N3O2. The molecule has 0 bridgehead atoms. The topological polar surface area (TPSA) is 62.3 Å². The van der Waals surface area contributed by atoms with Gasteiger partial charge in [0.05, 0.1) is 5.56 Å². The summed E-state index contributed by atoms with van der Waals surface area (Å²) in [4.78, 5) is 30.4. The van der Waals surface area contributed by atoms with Crippen molar-refractivity contribution in [1.82, 2.24) is 15.2 Å². The highest BCUT2D eigenvalue weighted by Crippen LogP contribution is 2.29. The van der Waals surface area contributed by atoms with Crippen LogP contribution in [0.15, 0.2) is 37.2 Å². The maximum absolute atomic E-state index is 12.5. The third kappa shape index (κ3) is 4.65. The van der Waals surface area contributed by atoms with Crippen molar-refractivity contribution in [1.29, 1.82) is 0 Å². The molecule has 0 saturated carbocycles. The van der Waals surface area contributed by atoms with Crippen LogP contribution < -0.4 is 5.32 Å². The number of pyridine rings is 1. The zero-order valence-electron chi connectivity index (χ0n) is 13.7. The van der Waals surface area contributed by atoms with E-state index in [9.17, 15) is 9.59 Å². The van der Waals surface area contributed by atoms with Crippen LogP contribution in [0.5, 0.6) is 0 Å². The van der Waals surface area contributed by atoms with E-state index in [-0.39, 0.29) is 11.8 Å². The maximum Gasteiger partial charge on any atom is 0.255 e. The largest absolute Gasteiger partial charge is 0.353 e. The van der Waals surface area contributed by atoms with Gasteiger partial charge in [-0.25, -0.2) is 0 Å². The van der Waals surface area contributed by atoms with Gasteiger partial charge in [-0.1, -0.05) is 19.4 Å². The van der Waals surface area contributed by atoms with E-state index in [2.05, 4.69) is 23.8 Å². The molecule has 0 aromatic carbocycles. The van der Waals surface area contributed by atoms with Gasteiger partial charge < -0.3 is 10.2 Å². The minimum absolute atomic E-state index is 0.0334. The Hall–Kier alpha value is -2.17. The molecule has 2 atom stereocenters. The third-order valence-corrected chi connectivity index (χ3v) is 4.50. The number of carbonyl (C=O) groups excluding carboxylic acids is 2. The van der Waals surface area contributed by atoms with E-state index in [0.717, 1.165) is 12.8 Å². The molecule has 0 spiro atoms. The SMILES string of the molecule is C=CCNC(=O)C[C@@H]1CCN(C(=O)c2cccnc2)C[C@@H]1CC. The van der Waals surface area contributed by atoms with E-state index in [0.29, 0.717) is 43.5 Å². The average molecular weight is 315 g/mol. The fraction of sp³-hybridized carbons (Fsp3) is 0.500. The van der Waals surface area contributed by atoms with Crippen LogP contribution in [-0.2, 0) is 4.79 Å². The normalized spacial score (nSPS) is 20.8. The molecular weight excluding hydrogens is 290 g/mol. The lowest BCUT2D eigenvalue weighted by molar-refractivity contribution is -0.122. The predicted molar refractivity (Wildman–Crippen MR) is 89.9 cm³/mol. The highest BCUT2D eigenvalue weighted by molar-refractivity contribution is 5.93. The predicted octanol–water partition coefficient (Wildman–Crippen LogP) is 2.26. The monoisotopic (exact) mass is 315 g/mol. The molecule has 1 N–H and O–H groups in total. The number of amides is 2. The average Bonchev–Trinajstić information content (AvgIpc) is 2.60. The summed E-state index contributed by atoms with van der Waals surface area (Å²) in [7, 11) is 0. The Kier molecular flexibility index (Phi) is 6.32. The number of carbonyl (C=O) groups is 2. The lowest BCUT2D eigenvalue weighted by Crippen LogP contribution is -2.44. The first-order chi connectivity index (χ1) is 11.2. The summed E-state index contributed by atoms with van der Waals surface area (Å²) >= 11 is 0. The first-order valence-electron chi connectivity index (χ1n) is 8.22. The van der Waals surface area contributed by atoms with Gasteiger partial charge in [-0.3, -0.25) is 14.6 Å². The second-order valence-electron chi connectivity index (χ2n) is 6.01. The van der Waals surface area contributed by atoms with Crippen LogP contribution in [0.1, 0.15) is 36.5 Å². The molecule has 1 aromatic rings. The fourth-order valence-corrected chi connectivity index (χ4v) is 3.16. The van der Waals surface area contributed by atoms with Crippen molar-refractivity contribution in [3.8, 4) is 0 Å². The van der Waals surface area contributed by atoms with Crippen LogP contribution >= 0.6 is 0 Å². The molecule has 0 unspecified atom stereocenters. The zero-order valence-corrected chi connectivity index (χ0v) is 13.7. The summed E-state index contributed by atoms with van der Waals surface area (Å²) in [6, 6.07) is 3.58. The molecule has 1 aromatic heterocycles. The van der Waals surface area contributed by atoms with Crippen molar-refractivity contribution in [2.24, 2.45) is 11.8 Å². The zero-order chi connectivity index (χ0) is 16.7. The second-order valence-corrected chi connectivity index (χ2v) is 6.01. The van der Waals surface area contributed by atoms with E-state index < -0.39 is 0 Å². The van der Waals surface area contributed by atoms with Crippen molar-refractivity contribution >= 4 is 11.8 Å². The number of likely N-dealkylation sites (tertiary alicyclic amines) is 1. The van der Waals surface area contributed by atoms with Crippen LogP contribution in [0.25, 0.3) is 0 Å². The third-order valence-electron chi connectivity index (χ3n) is 4.50. The van der Waals surface area contributed by atoms with Gasteiger partial charge in [-0.15, -0.1) is 6.58 Å².